The Labute approximate surface area is 114 Å². The summed E-state index contributed by atoms with van der Waals surface area (Å²) in [6.45, 7) is 2.78. The summed E-state index contributed by atoms with van der Waals surface area (Å²) in [5.74, 6) is 0.921. The second kappa shape index (κ2) is 6.50. The number of hydrogen-bond donors (Lipinski definition) is 1. The van der Waals surface area contributed by atoms with Crippen LogP contribution in [0.5, 0.6) is 5.75 Å². The maximum Gasteiger partial charge on any atom is 0.275 e. The third kappa shape index (κ3) is 3.67. The van der Waals surface area contributed by atoms with Crippen molar-refractivity contribution in [2.45, 2.75) is 19.9 Å². The van der Waals surface area contributed by atoms with Gasteiger partial charge in [-0.05, 0) is 6.42 Å². The highest BCUT2D eigenvalue weighted by molar-refractivity contribution is 5.56. The van der Waals surface area contributed by atoms with E-state index in [9.17, 15) is 10.1 Å². The van der Waals surface area contributed by atoms with Crippen molar-refractivity contribution in [3.8, 4) is 5.75 Å². The van der Waals surface area contributed by atoms with E-state index in [0.29, 0.717) is 30.4 Å². The zero-order valence-electron chi connectivity index (χ0n) is 10.9. The molecule has 8 nitrogen and oxygen atoms in total. The molecule has 0 aliphatic heterocycles. The van der Waals surface area contributed by atoms with Crippen molar-refractivity contribution in [2.75, 3.05) is 11.9 Å². The van der Waals surface area contributed by atoms with E-state index >= 15 is 0 Å². The van der Waals surface area contributed by atoms with E-state index in [2.05, 4.69) is 20.0 Å². The van der Waals surface area contributed by atoms with Crippen LogP contribution in [-0.2, 0) is 6.54 Å². The number of rotatable bonds is 7. The summed E-state index contributed by atoms with van der Waals surface area (Å²) in [4.78, 5) is 14.3. The normalized spacial score (nSPS) is 10.2. The maximum absolute atomic E-state index is 10.9. The lowest BCUT2D eigenvalue weighted by molar-refractivity contribution is -0.384. The van der Waals surface area contributed by atoms with E-state index in [-0.39, 0.29) is 5.69 Å². The van der Waals surface area contributed by atoms with Gasteiger partial charge in [0, 0.05) is 17.8 Å². The summed E-state index contributed by atoms with van der Waals surface area (Å²) in [5, 5.41) is 17.5. The Kier molecular flexibility index (Phi) is 4.48. The molecule has 0 bridgehead atoms. The van der Waals surface area contributed by atoms with Crippen LogP contribution in [0, 0.1) is 10.1 Å². The minimum absolute atomic E-state index is 0.0331. The molecule has 20 heavy (non-hydrogen) atoms. The molecule has 0 radical (unpaired) electrons. The molecule has 0 fully saturated rings. The second-order valence-corrected chi connectivity index (χ2v) is 4.02. The molecular weight excluding hydrogens is 264 g/mol. The number of benzene rings is 1. The first-order valence-corrected chi connectivity index (χ1v) is 6.10. The van der Waals surface area contributed by atoms with Gasteiger partial charge in [-0.25, -0.2) is 0 Å². The zero-order valence-corrected chi connectivity index (χ0v) is 10.9. The van der Waals surface area contributed by atoms with Crippen LogP contribution in [0.3, 0.4) is 0 Å². The van der Waals surface area contributed by atoms with Crippen LogP contribution < -0.4 is 10.1 Å². The van der Waals surface area contributed by atoms with Gasteiger partial charge >= 0.3 is 0 Å². The lowest BCUT2D eigenvalue weighted by Crippen LogP contribution is -2.03. The van der Waals surface area contributed by atoms with Gasteiger partial charge in [-0.1, -0.05) is 12.1 Å². The smallest absolute Gasteiger partial charge is 0.275 e. The molecule has 0 aliphatic rings. The third-order valence-electron chi connectivity index (χ3n) is 2.43. The molecule has 1 N–H and O–H groups in total. The minimum atomic E-state index is -0.460. The summed E-state index contributed by atoms with van der Waals surface area (Å²) >= 11 is 0. The van der Waals surface area contributed by atoms with Crippen LogP contribution in [-0.4, -0.2) is 21.7 Å². The van der Waals surface area contributed by atoms with Gasteiger partial charge in [-0.15, -0.1) is 0 Å². The zero-order chi connectivity index (χ0) is 14.4. The number of hydrogen-bond acceptors (Lipinski definition) is 7. The Morgan fingerprint density at radius 2 is 2.30 bits per heavy atom. The monoisotopic (exact) mass is 278 g/mol. The highest BCUT2D eigenvalue weighted by Crippen LogP contribution is 2.26. The van der Waals surface area contributed by atoms with E-state index in [1.54, 1.807) is 6.07 Å². The first kappa shape index (κ1) is 13.8. The first-order valence-electron chi connectivity index (χ1n) is 6.10. The molecule has 0 saturated carbocycles. The number of aromatic nitrogens is 2. The van der Waals surface area contributed by atoms with E-state index in [1.165, 1.54) is 18.5 Å². The molecule has 106 valence electrons. The Morgan fingerprint density at radius 3 is 2.95 bits per heavy atom. The van der Waals surface area contributed by atoms with E-state index in [4.69, 9.17) is 4.74 Å². The Hall–Kier alpha value is -2.64. The summed E-state index contributed by atoms with van der Waals surface area (Å²) in [7, 11) is 0. The van der Waals surface area contributed by atoms with E-state index in [1.807, 2.05) is 6.92 Å². The number of ether oxygens (including phenoxy) is 1. The molecule has 0 saturated heterocycles. The number of non-ortho nitro benzene ring substituents is 1. The molecule has 1 aromatic heterocycles. The quantitative estimate of drug-likeness (QED) is 0.612. The van der Waals surface area contributed by atoms with Crippen LogP contribution in [0.15, 0.2) is 29.1 Å². The number of anilines is 1. The molecule has 2 aromatic rings. The molecule has 0 aliphatic carbocycles. The fraction of sp³-hybridized carbons (Fsp3) is 0.333. The molecule has 1 heterocycles. The average Bonchev–Trinajstić information content (AvgIpc) is 2.96. The first-order chi connectivity index (χ1) is 9.69. The average molecular weight is 278 g/mol. The highest BCUT2D eigenvalue weighted by Gasteiger charge is 2.11. The third-order valence-corrected chi connectivity index (χ3v) is 2.43. The highest BCUT2D eigenvalue weighted by atomic mass is 16.6. The number of nitro benzene ring substituents is 1. The number of nitro groups is 1. The summed E-state index contributed by atoms with van der Waals surface area (Å²) in [6.07, 6.45) is 2.05. The van der Waals surface area contributed by atoms with Gasteiger partial charge in [-0.2, -0.15) is 4.98 Å². The Morgan fingerprint density at radius 1 is 1.45 bits per heavy atom. The van der Waals surface area contributed by atoms with Gasteiger partial charge in [-0.3, -0.25) is 10.1 Å². The second-order valence-electron chi connectivity index (χ2n) is 4.02. The SMILES string of the molecule is CCCOc1cc(NCc2ncon2)cc([N+](=O)[O-])c1. The fourth-order valence-corrected chi connectivity index (χ4v) is 1.55. The largest absolute Gasteiger partial charge is 0.493 e. The lowest BCUT2D eigenvalue weighted by atomic mass is 10.2. The number of nitrogens with one attached hydrogen (secondary N) is 1. The molecule has 2 rings (SSSR count). The van der Waals surface area contributed by atoms with Gasteiger partial charge in [0.05, 0.1) is 24.1 Å². The van der Waals surface area contributed by atoms with Gasteiger partial charge in [0.2, 0.25) is 6.39 Å². The van der Waals surface area contributed by atoms with Crippen molar-refractivity contribution in [2.24, 2.45) is 0 Å². The van der Waals surface area contributed by atoms with Gasteiger partial charge in [0.25, 0.3) is 5.69 Å². The molecule has 8 heteroatoms. The van der Waals surface area contributed by atoms with Crippen molar-refractivity contribution in [1.29, 1.82) is 0 Å². The number of nitrogens with zero attached hydrogens (tertiary/aromatic N) is 3. The summed E-state index contributed by atoms with van der Waals surface area (Å²) in [5.41, 5.74) is 0.532. The molecule has 0 amide bonds. The predicted octanol–water partition coefficient (Wildman–Crippen LogP) is 2.38. The van der Waals surface area contributed by atoms with Gasteiger partial charge in [0.1, 0.15) is 5.75 Å². The lowest BCUT2D eigenvalue weighted by Gasteiger charge is -2.08. The van der Waals surface area contributed by atoms with Crippen molar-refractivity contribution >= 4 is 11.4 Å². The molecule has 1 aromatic carbocycles. The topological polar surface area (TPSA) is 103 Å². The minimum Gasteiger partial charge on any atom is -0.493 e. The molecule has 0 spiro atoms. The van der Waals surface area contributed by atoms with Crippen molar-refractivity contribution in [3.05, 3.63) is 40.5 Å². The standard InChI is InChI=1S/C12H14N4O4/c1-2-3-19-11-5-9(4-10(6-11)16(17)18)13-7-12-14-8-20-15-12/h4-6,8,13H,2-3,7H2,1H3. The van der Waals surface area contributed by atoms with Crippen LogP contribution in [0.1, 0.15) is 19.2 Å². The Balaban J connectivity index is 2.13. The maximum atomic E-state index is 10.9. The van der Waals surface area contributed by atoms with Crippen LogP contribution in [0.2, 0.25) is 0 Å². The van der Waals surface area contributed by atoms with Crippen molar-refractivity contribution in [1.82, 2.24) is 10.1 Å². The van der Waals surface area contributed by atoms with E-state index in [0.717, 1.165) is 6.42 Å². The fourth-order valence-electron chi connectivity index (χ4n) is 1.55. The van der Waals surface area contributed by atoms with Crippen molar-refractivity contribution < 1.29 is 14.2 Å². The summed E-state index contributed by atoms with van der Waals surface area (Å²) in [6, 6.07) is 4.52. The predicted molar refractivity (Wildman–Crippen MR) is 70.5 cm³/mol. The summed E-state index contributed by atoms with van der Waals surface area (Å²) < 4.78 is 10.0. The van der Waals surface area contributed by atoms with Gasteiger partial charge < -0.3 is 14.6 Å². The van der Waals surface area contributed by atoms with Crippen LogP contribution in [0.25, 0.3) is 0 Å². The molecule has 0 unspecified atom stereocenters. The Bertz CT molecular complexity index is 571. The van der Waals surface area contributed by atoms with E-state index < -0.39 is 4.92 Å². The van der Waals surface area contributed by atoms with Crippen molar-refractivity contribution in [3.63, 3.8) is 0 Å². The molecular formula is C12H14N4O4. The van der Waals surface area contributed by atoms with Crippen LogP contribution in [0.4, 0.5) is 11.4 Å². The van der Waals surface area contributed by atoms with Crippen LogP contribution >= 0.6 is 0 Å². The van der Waals surface area contributed by atoms with Gasteiger partial charge in [0.15, 0.2) is 5.82 Å². The molecule has 0 atom stereocenters.